The number of aromatic amines is 2. The molecule has 0 aliphatic carbocycles. The summed E-state index contributed by atoms with van der Waals surface area (Å²) in [6, 6.07) is 17.1. The van der Waals surface area contributed by atoms with Gasteiger partial charge in [-0.25, -0.2) is 4.98 Å². The fourth-order valence-corrected chi connectivity index (χ4v) is 4.01. The normalized spacial score (nSPS) is 12.4. The minimum absolute atomic E-state index is 0.110. The van der Waals surface area contributed by atoms with Crippen molar-refractivity contribution in [2.45, 2.75) is 19.9 Å². The molecule has 3 N–H and O–H groups in total. The molecular formula is C20H20N3S+. The van der Waals surface area contributed by atoms with Gasteiger partial charge in [-0.2, -0.15) is 0 Å². The Labute approximate surface area is 145 Å². The second-order valence-electron chi connectivity index (χ2n) is 6.08. The zero-order chi connectivity index (χ0) is 16.5. The van der Waals surface area contributed by atoms with Crippen molar-refractivity contribution in [1.82, 2.24) is 4.98 Å². The Kier molecular flexibility index (Phi) is 3.82. The third-order valence-corrected chi connectivity index (χ3v) is 5.25. The Morgan fingerprint density at radius 2 is 1.96 bits per heavy atom. The number of H-pyrrole nitrogens is 2. The molecule has 3 heterocycles. The lowest BCUT2D eigenvalue weighted by Crippen LogP contribution is -2.18. The maximum atomic E-state index is 3.69. The van der Waals surface area contributed by atoms with Crippen molar-refractivity contribution in [3.8, 4) is 0 Å². The van der Waals surface area contributed by atoms with E-state index in [-0.39, 0.29) is 6.04 Å². The number of anilines is 1. The van der Waals surface area contributed by atoms with Crippen LogP contribution in [0.4, 0.5) is 5.82 Å². The van der Waals surface area contributed by atoms with Crippen molar-refractivity contribution >= 4 is 28.1 Å². The minimum atomic E-state index is 0.110. The average Bonchev–Trinajstić information content (AvgIpc) is 3.20. The molecule has 4 aromatic rings. The van der Waals surface area contributed by atoms with E-state index >= 15 is 0 Å². The number of para-hydroxylation sites is 1. The molecule has 3 aromatic heterocycles. The van der Waals surface area contributed by atoms with Gasteiger partial charge in [-0.05, 0) is 43.0 Å². The molecule has 1 atom stereocenters. The second-order valence-corrected chi connectivity index (χ2v) is 7.06. The summed E-state index contributed by atoms with van der Waals surface area (Å²) in [5.41, 5.74) is 4.93. The maximum Gasteiger partial charge on any atom is 0.273 e. The zero-order valence-electron chi connectivity index (χ0n) is 13.8. The summed E-state index contributed by atoms with van der Waals surface area (Å²) in [5, 5.41) is 7.10. The molecule has 0 saturated heterocycles. The van der Waals surface area contributed by atoms with Crippen molar-refractivity contribution in [3.05, 3.63) is 81.8 Å². The van der Waals surface area contributed by atoms with Gasteiger partial charge < -0.3 is 4.98 Å². The summed E-state index contributed by atoms with van der Waals surface area (Å²) in [5.74, 6) is 1.03. The predicted octanol–water partition coefficient (Wildman–Crippen LogP) is 4.86. The zero-order valence-corrected chi connectivity index (χ0v) is 14.6. The molecule has 120 valence electrons. The molecular weight excluding hydrogens is 314 g/mol. The molecule has 0 spiro atoms. The molecule has 0 bridgehead atoms. The van der Waals surface area contributed by atoms with Gasteiger partial charge in [0.05, 0.1) is 11.1 Å². The third-order valence-electron chi connectivity index (χ3n) is 4.32. The quantitative estimate of drug-likeness (QED) is 0.550. The van der Waals surface area contributed by atoms with E-state index < -0.39 is 0 Å². The van der Waals surface area contributed by atoms with Gasteiger partial charge in [0.15, 0.2) is 6.04 Å². The summed E-state index contributed by atoms with van der Waals surface area (Å²) in [4.78, 5) is 8.14. The van der Waals surface area contributed by atoms with E-state index in [4.69, 9.17) is 0 Å². The number of thiophene rings is 1. The largest absolute Gasteiger partial charge is 0.358 e. The first-order valence-corrected chi connectivity index (χ1v) is 8.96. The van der Waals surface area contributed by atoms with Crippen LogP contribution in [0.3, 0.4) is 0 Å². The van der Waals surface area contributed by atoms with Crippen LogP contribution in [0.2, 0.25) is 0 Å². The van der Waals surface area contributed by atoms with Gasteiger partial charge in [-0.3, -0.25) is 5.32 Å². The summed E-state index contributed by atoms with van der Waals surface area (Å²) in [6.45, 7) is 4.26. The molecule has 1 aromatic carbocycles. The first kappa shape index (κ1) is 15.0. The summed E-state index contributed by atoms with van der Waals surface area (Å²) in [6.07, 6.45) is 1.98. The first-order valence-electron chi connectivity index (χ1n) is 8.08. The molecule has 0 saturated carbocycles. The molecule has 0 aliphatic heterocycles. The Morgan fingerprint density at radius 1 is 1.08 bits per heavy atom. The Balaban J connectivity index is 1.85. The Bertz CT molecular complexity index is 970. The van der Waals surface area contributed by atoms with Crippen LogP contribution in [0.15, 0.2) is 60.1 Å². The van der Waals surface area contributed by atoms with Crippen molar-refractivity contribution in [1.29, 1.82) is 0 Å². The van der Waals surface area contributed by atoms with Crippen LogP contribution < -0.4 is 10.3 Å². The van der Waals surface area contributed by atoms with Crippen LogP contribution in [0.5, 0.6) is 0 Å². The third kappa shape index (κ3) is 2.69. The van der Waals surface area contributed by atoms with E-state index in [1.165, 1.54) is 32.6 Å². The minimum Gasteiger partial charge on any atom is -0.358 e. The molecule has 0 aliphatic rings. The van der Waals surface area contributed by atoms with Gasteiger partial charge in [-0.1, -0.05) is 24.3 Å². The lowest BCUT2D eigenvalue weighted by atomic mass is 10.0. The van der Waals surface area contributed by atoms with E-state index in [1.54, 1.807) is 11.3 Å². The highest BCUT2D eigenvalue weighted by Crippen LogP contribution is 2.35. The summed E-state index contributed by atoms with van der Waals surface area (Å²) in [7, 11) is 0. The highest BCUT2D eigenvalue weighted by Gasteiger charge is 2.25. The number of rotatable bonds is 4. The molecule has 4 heteroatoms. The standard InChI is InChI=1S/C20H19N3S/c1-13-9-10-21-18(12-13)23-20(17-8-5-11-24-17)19-14(2)22-16-7-4-3-6-15(16)19/h3-12,20,22H,1-2H3,(H,21,23)/p+1/t20-/m1/s1. The number of nitrogens with one attached hydrogen (secondary N) is 3. The van der Waals surface area contributed by atoms with Crippen LogP contribution in [0.25, 0.3) is 10.9 Å². The van der Waals surface area contributed by atoms with E-state index in [1.807, 2.05) is 6.20 Å². The topological polar surface area (TPSA) is 42.0 Å². The number of hydrogen-bond acceptors (Lipinski definition) is 2. The van der Waals surface area contributed by atoms with Crippen molar-refractivity contribution in [3.63, 3.8) is 0 Å². The van der Waals surface area contributed by atoms with Crippen molar-refractivity contribution < 1.29 is 4.98 Å². The first-order chi connectivity index (χ1) is 11.7. The number of fused-ring (bicyclic) bond motifs is 1. The molecule has 4 rings (SSSR count). The Morgan fingerprint density at radius 3 is 2.75 bits per heavy atom. The monoisotopic (exact) mass is 334 g/mol. The van der Waals surface area contributed by atoms with Crippen LogP contribution >= 0.6 is 11.3 Å². The molecule has 0 radical (unpaired) electrons. The fraction of sp³-hybridized carbons (Fsp3) is 0.150. The van der Waals surface area contributed by atoms with E-state index in [0.29, 0.717) is 0 Å². The van der Waals surface area contributed by atoms with E-state index in [0.717, 1.165) is 5.82 Å². The highest BCUT2D eigenvalue weighted by molar-refractivity contribution is 7.10. The molecule has 0 fully saturated rings. The summed E-state index contributed by atoms with van der Waals surface area (Å²) < 4.78 is 0. The van der Waals surface area contributed by atoms with Gasteiger partial charge in [0, 0.05) is 28.2 Å². The fourth-order valence-electron chi connectivity index (χ4n) is 3.23. The van der Waals surface area contributed by atoms with Crippen LogP contribution in [-0.2, 0) is 0 Å². The van der Waals surface area contributed by atoms with Crippen molar-refractivity contribution in [2.24, 2.45) is 0 Å². The average molecular weight is 334 g/mol. The van der Waals surface area contributed by atoms with Gasteiger partial charge >= 0.3 is 0 Å². The van der Waals surface area contributed by atoms with E-state index in [2.05, 4.69) is 83.0 Å². The van der Waals surface area contributed by atoms with Crippen LogP contribution in [-0.4, -0.2) is 4.98 Å². The molecule has 0 unspecified atom stereocenters. The van der Waals surface area contributed by atoms with Gasteiger partial charge in [0.25, 0.3) is 5.82 Å². The predicted molar refractivity (Wildman–Crippen MR) is 101 cm³/mol. The van der Waals surface area contributed by atoms with Gasteiger partial charge in [-0.15, -0.1) is 11.3 Å². The molecule has 24 heavy (non-hydrogen) atoms. The lowest BCUT2D eigenvalue weighted by molar-refractivity contribution is -0.361. The van der Waals surface area contributed by atoms with Crippen LogP contribution in [0, 0.1) is 13.8 Å². The highest BCUT2D eigenvalue weighted by atomic mass is 32.1. The van der Waals surface area contributed by atoms with E-state index in [9.17, 15) is 0 Å². The SMILES string of the molecule is Cc1cc[nH+]c(N[C@H](c2cccs2)c2c(C)[nH]c3ccccc23)c1. The number of benzene rings is 1. The van der Waals surface area contributed by atoms with Crippen molar-refractivity contribution in [2.75, 3.05) is 5.32 Å². The summed E-state index contributed by atoms with van der Waals surface area (Å²) >= 11 is 1.78. The second kappa shape index (κ2) is 6.13. The Hall–Kier alpha value is -2.59. The number of aryl methyl sites for hydroxylation is 2. The lowest BCUT2D eigenvalue weighted by Gasteiger charge is -2.14. The number of aromatic nitrogens is 2. The van der Waals surface area contributed by atoms with Crippen LogP contribution in [0.1, 0.15) is 27.7 Å². The van der Waals surface area contributed by atoms with Gasteiger partial charge in [0.2, 0.25) is 0 Å². The maximum absolute atomic E-state index is 3.69. The molecule has 0 amide bonds. The number of hydrogen-bond donors (Lipinski definition) is 2. The molecule has 3 nitrogen and oxygen atoms in total. The smallest absolute Gasteiger partial charge is 0.273 e. The number of pyridine rings is 1. The van der Waals surface area contributed by atoms with Gasteiger partial charge in [0.1, 0.15) is 0 Å².